The number of alkyl halides is 3. The summed E-state index contributed by atoms with van der Waals surface area (Å²) in [5.41, 5.74) is -1.86. The van der Waals surface area contributed by atoms with Crippen molar-refractivity contribution in [3.63, 3.8) is 0 Å². The van der Waals surface area contributed by atoms with E-state index >= 15 is 0 Å². The number of carbonyl (C=O) groups is 1. The van der Waals surface area contributed by atoms with Gasteiger partial charge in [-0.2, -0.15) is 13.2 Å². The van der Waals surface area contributed by atoms with E-state index in [-0.39, 0.29) is 19.1 Å². The lowest BCUT2D eigenvalue weighted by atomic mass is 10.0. The summed E-state index contributed by atoms with van der Waals surface area (Å²) in [7, 11) is 1.29. The molecule has 0 aromatic heterocycles. The Bertz CT molecular complexity index is 487. The number of hydrogen-bond donors (Lipinski definition) is 1. The van der Waals surface area contributed by atoms with Crippen LogP contribution in [-0.4, -0.2) is 31.6 Å². The molecule has 8 heteroatoms. The predicted octanol–water partition coefficient (Wildman–Crippen LogP) is 2.28. The lowest BCUT2D eigenvalue weighted by Crippen LogP contribution is -2.21. The third-order valence-corrected chi connectivity index (χ3v) is 2.49. The van der Waals surface area contributed by atoms with Crippen molar-refractivity contribution in [1.29, 1.82) is 0 Å². The predicted molar refractivity (Wildman–Crippen MR) is 65.5 cm³/mol. The second-order valence-corrected chi connectivity index (χ2v) is 3.92. The van der Waals surface area contributed by atoms with Crippen LogP contribution in [0.4, 0.5) is 13.2 Å². The van der Waals surface area contributed by atoms with Gasteiger partial charge in [0.15, 0.2) is 12.9 Å². The number of aliphatic hydroxyl groups is 1. The number of benzene rings is 1. The summed E-state index contributed by atoms with van der Waals surface area (Å²) < 4.78 is 53.2. The summed E-state index contributed by atoms with van der Waals surface area (Å²) >= 11 is 0. The first-order chi connectivity index (χ1) is 9.82. The SMILES string of the molecule is CCOC(=O)C(O)c1c(OCOC)cccc1C(F)(F)F. The first-order valence-corrected chi connectivity index (χ1v) is 5.99. The molecule has 0 radical (unpaired) electrons. The topological polar surface area (TPSA) is 65.0 Å². The maximum atomic E-state index is 13.0. The molecule has 0 aliphatic rings. The average molecular weight is 308 g/mol. The molecule has 0 spiro atoms. The molecular weight excluding hydrogens is 293 g/mol. The molecule has 0 aliphatic heterocycles. The van der Waals surface area contributed by atoms with E-state index in [1.807, 2.05) is 0 Å². The molecule has 1 atom stereocenters. The zero-order valence-corrected chi connectivity index (χ0v) is 11.4. The van der Waals surface area contributed by atoms with Crippen molar-refractivity contribution in [3.8, 4) is 5.75 Å². The van der Waals surface area contributed by atoms with E-state index in [0.29, 0.717) is 0 Å². The lowest BCUT2D eigenvalue weighted by molar-refractivity contribution is -0.155. The van der Waals surface area contributed by atoms with Crippen molar-refractivity contribution in [3.05, 3.63) is 29.3 Å². The van der Waals surface area contributed by atoms with Gasteiger partial charge in [0, 0.05) is 12.7 Å². The Kier molecular flexibility index (Phi) is 5.98. The summed E-state index contributed by atoms with van der Waals surface area (Å²) in [5, 5.41) is 9.85. The molecular formula is C13H15F3O5. The first kappa shape index (κ1) is 17.3. The molecule has 5 nitrogen and oxygen atoms in total. The van der Waals surface area contributed by atoms with Crippen LogP contribution in [0.5, 0.6) is 5.75 Å². The van der Waals surface area contributed by atoms with Crippen molar-refractivity contribution in [2.24, 2.45) is 0 Å². The van der Waals surface area contributed by atoms with E-state index in [2.05, 4.69) is 9.47 Å². The van der Waals surface area contributed by atoms with Crippen LogP contribution in [0.3, 0.4) is 0 Å². The van der Waals surface area contributed by atoms with Crippen molar-refractivity contribution < 1.29 is 37.3 Å². The number of aliphatic hydroxyl groups excluding tert-OH is 1. The lowest BCUT2D eigenvalue weighted by Gasteiger charge is -2.20. The molecule has 0 heterocycles. The Balaban J connectivity index is 3.31. The molecule has 0 bridgehead atoms. The fourth-order valence-electron chi connectivity index (χ4n) is 1.66. The fraction of sp³-hybridized carbons (Fsp3) is 0.462. The second kappa shape index (κ2) is 7.28. The Morgan fingerprint density at radius 3 is 2.57 bits per heavy atom. The molecule has 1 aromatic carbocycles. The molecule has 0 fully saturated rings. The van der Waals surface area contributed by atoms with Gasteiger partial charge in [0.2, 0.25) is 0 Å². The average Bonchev–Trinajstić information content (AvgIpc) is 2.43. The number of halogens is 3. The van der Waals surface area contributed by atoms with Gasteiger partial charge in [-0.15, -0.1) is 0 Å². The van der Waals surface area contributed by atoms with Crippen LogP contribution in [0.1, 0.15) is 24.2 Å². The zero-order valence-electron chi connectivity index (χ0n) is 11.4. The third-order valence-electron chi connectivity index (χ3n) is 2.49. The fourth-order valence-corrected chi connectivity index (χ4v) is 1.66. The number of methoxy groups -OCH3 is 1. The van der Waals surface area contributed by atoms with Crippen LogP contribution in [0.2, 0.25) is 0 Å². The van der Waals surface area contributed by atoms with Crippen molar-refractivity contribution in [1.82, 2.24) is 0 Å². The maximum Gasteiger partial charge on any atom is 0.416 e. The number of ether oxygens (including phenoxy) is 3. The van der Waals surface area contributed by atoms with Crippen molar-refractivity contribution in [2.45, 2.75) is 19.2 Å². The summed E-state index contributed by atoms with van der Waals surface area (Å²) in [6.07, 6.45) is -6.86. The van der Waals surface area contributed by atoms with E-state index in [0.717, 1.165) is 12.1 Å². The summed E-state index contributed by atoms with van der Waals surface area (Å²) in [6, 6.07) is 3.05. The Labute approximate surface area is 119 Å². The standard InChI is InChI=1S/C13H15F3O5/c1-3-20-12(18)11(17)10-8(13(14,15)16)5-4-6-9(10)21-7-19-2/h4-6,11,17H,3,7H2,1-2H3. The quantitative estimate of drug-likeness (QED) is 0.645. The largest absolute Gasteiger partial charge is 0.467 e. The van der Waals surface area contributed by atoms with Gasteiger partial charge in [0.25, 0.3) is 0 Å². The molecule has 21 heavy (non-hydrogen) atoms. The van der Waals surface area contributed by atoms with Crippen LogP contribution >= 0.6 is 0 Å². The minimum absolute atomic E-state index is 0.0711. The molecule has 118 valence electrons. The number of esters is 1. The van der Waals surface area contributed by atoms with Crippen LogP contribution in [0.25, 0.3) is 0 Å². The van der Waals surface area contributed by atoms with E-state index < -0.39 is 29.4 Å². The third kappa shape index (κ3) is 4.33. The molecule has 0 amide bonds. The van der Waals surface area contributed by atoms with Crippen LogP contribution in [0, 0.1) is 0 Å². The number of hydrogen-bond acceptors (Lipinski definition) is 5. The van der Waals surface area contributed by atoms with Gasteiger partial charge in [0.1, 0.15) is 5.75 Å². The second-order valence-electron chi connectivity index (χ2n) is 3.92. The van der Waals surface area contributed by atoms with Gasteiger partial charge in [0.05, 0.1) is 12.2 Å². The van der Waals surface area contributed by atoms with Gasteiger partial charge in [-0.3, -0.25) is 0 Å². The van der Waals surface area contributed by atoms with Gasteiger partial charge in [-0.1, -0.05) is 6.07 Å². The van der Waals surface area contributed by atoms with E-state index in [9.17, 15) is 23.1 Å². The summed E-state index contributed by atoms with van der Waals surface area (Å²) in [4.78, 5) is 11.5. The summed E-state index contributed by atoms with van der Waals surface area (Å²) in [5.74, 6) is -1.48. The number of rotatable bonds is 6. The molecule has 1 rings (SSSR count). The summed E-state index contributed by atoms with van der Waals surface area (Å²) in [6.45, 7) is 1.07. The number of carbonyl (C=O) groups excluding carboxylic acids is 1. The first-order valence-electron chi connectivity index (χ1n) is 5.99. The molecule has 1 N–H and O–H groups in total. The van der Waals surface area contributed by atoms with Gasteiger partial charge < -0.3 is 19.3 Å². The van der Waals surface area contributed by atoms with E-state index in [4.69, 9.17) is 4.74 Å². The van der Waals surface area contributed by atoms with Gasteiger partial charge >= 0.3 is 12.1 Å². The molecule has 1 unspecified atom stereocenters. The Hall–Kier alpha value is -1.80. The Morgan fingerprint density at radius 1 is 1.38 bits per heavy atom. The van der Waals surface area contributed by atoms with Crippen LogP contribution in [-0.2, 0) is 20.4 Å². The molecule has 0 saturated carbocycles. The highest BCUT2D eigenvalue weighted by atomic mass is 19.4. The minimum atomic E-state index is -4.75. The highest BCUT2D eigenvalue weighted by Gasteiger charge is 2.39. The highest BCUT2D eigenvalue weighted by Crippen LogP contribution is 2.39. The van der Waals surface area contributed by atoms with Crippen molar-refractivity contribution >= 4 is 5.97 Å². The van der Waals surface area contributed by atoms with Crippen LogP contribution < -0.4 is 4.74 Å². The molecule has 0 saturated heterocycles. The van der Waals surface area contributed by atoms with E-state index in [1.165, 1.54) is 20.1 Å². The smallest absolute Gasteiger partial charge is 0.416 e. The molecule has 1 aromatic rings. The minimum Gasteiger partial charge on any atom is -0.467 e. The highest BCUT2D eigenvalue weighted by molar-refractivity contribution is 5.78. The monoisotopic (exact) mass is 308 g/mol. The van der Waals surface area contributed by atoms with Crippen LogP contribution in [0.15, 0.2) is 18.2 Å². The van der Waals surface area contributed by atoms with Gasteiger partial charge in [-0.05, 0) is 19.1 Å². The normalized spacial score (nSPS) is 12.9. The van der Waals surface area contributed by atoms with Gasteiger partial charge in [-0.25, -0.2) is 4.79 Å². The molecule has 0 aliphatic carbocycles. The maximum absolute atomic E-state index is 13.0. The zero-order chi connectivity index (χ0) is 16.0. The van der Waals surface area contributed by atoms with E-state index in [1.54, 1.807) is 0 Å². The Morgan fingerprint density at radius 2 is 2.05 bits per heavy atom. The van der Waals surface area contributed by atoms with Crippen molar-refractivity contribution in [2.75, 3.05) is 20.5 Å².